The number of fused-ring (bicyclic) bond motifs is 1. The number of methoxy groups -OCH3 is 1. The molecule has 2 heterocycles. The zero-order chi connectivity index (χ0) is 15.4. The minimum absolute atomic E-state index is 0.0420. The van der Waals surface area contributed by atoms with Crippen LogP contribution in [0, 0.1) is 0 Å². The maximum atomic E-state index is 12.1. The highest BCUT2D eigenvalue weighted by Crippen LogP contribution is 2.20. The van der Waals surface area contributed by atoms with Gasteiger partial charge in [0.2, 0.25) is 5.91 Å². The molecule has 21 heavy (non-hydrogen) atoms. The predicted molar refractivity (Wildman–Crippen MR) is 85.1 cm³/mol. The first kappa shape index (κ1) is 16.0. The van der Waals surface area contributed by atoms with Gasteiger partial charge in [0.25, 0.3) is 5.56 Å². The van der Waals surface area contributed by atoms with Gasteiger partial charge in [-0.25, -0.2) is 4.98 Å². The number of hydrogen-bond acceptors (Lipinski definition) is 6. The molecular weight excluding hydrogens is 310 g/mol. The SMILES string of the molecule is COCC(C)NC(=O)CSc1nc2sccc2c(=O)n1C. The highest BCUT2D eigenvalue weighted by atomic mass is 32.2. The number of aromatic nitrogens is 2. The molecule has 0 saturated heterocycles. The summed E-state index contributed by atoms with van der Waals surface area (Å²) in [6.45, 7) is 2.34. The van der Waals surface area contributed by atoms with Crippen LogP contribution in [0.15, 0.2) is 21.4 Å². The normalized spacial score (nSPS) is 12.5. The summed E-state index contributed by atoms with van der Waals surface area (Å²) in [5.74, 6) is 0.107. The number of rotatable bonds is 6. The number of hydrogen-bond donors (Lipinski definition) is 1. The van der Waals surface area contributed by atoms with E-state index in [1.807, 2.05) is 12.3 Å². The van der Waals surface area contributed by atoms with Crippen LogP contribution in [0.4, 0.5) is 0 Å². The second kappa shape index (κ2) is 7.06. The highest BCUT2D eigenvalue weighted by Gasteiger charge is 2.12. The van der Waals surface area contributed by atoms with Gasteiger partial charge >= 0.3 is 0 Å². The first-order chi connectivity index (χ1) is 10.0. The molecule has 2 aromatic heterocycles. The first-order valence-electron chi connectivity index (χ1n) is 6.38. The van der Waals surface area contributed by atoms with Crippen LogP contribution in [0.5, 0.6) is 0 Å². The quantitative estimate of drug-likeness (QED) is 0.638. The Labute approximate surface area is 130 Å². The van der Waals surface area contributed by atoms with Crippen LogP contribution < -0.4 is 10.9 Å². The minimum Gasteiger partial charge on any atom is -0.383 e. The Kier molecular flexibility index (Phi) is 5.38. The average Bonchev–Trinajstić information content (AvgIpc) is 2.90. The summed E-state index contributed by atoms with van der Waals surface area (Å²) in [6.07, 6.45) is 0. The molecule has 0 spiro atoms. The number of ether oxygens (including phenoxy) is 1. The molecule has 0 aliphatic heterocycles. The second-order valence-electron chi connectivity index (χ2n) is 4.61. The molecule has 0 saturated carbocycles. The van der Waals surface area contributed by atoms with Crippen molar-refractivity contribution in [3.63, 3.8) is 0 Å². The van der Waals surface area contributed by atoms with Gasteiger partial charge < -0.3 is 10.1 Å². The van der Waals surface area contributed by atoms with E-state index in [-0.39, 0.29) is 23.3 Å². The number of carbonyl (C=O) groups excluding carboxylic acids is 1. The van der Waals surface area contributed by atoms with E-state index < -0.39 is 0 Å². The zero-order valence-corrected chi connectivity index (χ0v) is 13.7. The lowest BCUT2D eigenvalue weighted by molar-refractivity contribution is -0.119. The standard InChI is InChI=1S/C13H17N3O3S2/c1-8(6-19-3)14-10(17)7-21-13-15-11-9(4-5-20-11)12(18)16(13)2/h4-5,8H,6-7H2,1-3H3,(H,14,17). The summed E-state index contributed by atoms with van der Waals surface area (Å²) < 4.78 is 6.44. The molecule has 1 N–H and O–H groups in total. The third-order valence-corrected chi connectivity index (χ3v) is 4.66. The summed E-state index contributed by atoms with van der Waals surface area (Å²) in [5.41, 5.74) is -0.0862. The van der Waals surface area contributed by atoms with E-state index in [2.05, 4.69) is 10.3 Å². The van der Waals surface area contributed by atoms with Crippen molar-refractivity contribution in [1.82, 2.24) is 14.9 Å². The Morgan fingerprint density at radius 2 is 2.38 bits per heavy atom. The first-order valence-corrected chi connectivity index (χ1v) is 8.24. The van der Waals surface area contributed by atoms with Gasteiger partial charge in [0.15, 0.2) is 5.16 Å². The zero-order valence-electron chi connectivity index (χ0n) is 12.1. The van der Waals surface area contributed by atoms with Gasteiger partial charge in [-0.2, -0.15) is 0 Å². The lowest BCUT2D eigenvalue weighted by Crippen LogP contribution is -2.36. The fourth-order valence-electron chi connectivity index (χ4n) is 1.85. The van der Waals surface area contributed by atoms with Crippen molar-refractivity contribution in [2.45, 2.75) is 18.1 Å². The molecule has 8 heteroatoms. The van der Waals surface area contributed by atoms with Crippen molar-refractivity contribution in [2.24, 2.45) is 7.05 Å². The van der Waals surface area contributed by atoms with E-state index in [0.717, 1.165) is 0 Å². The number of nitrogens with zero attached hydrogens (tertiary/aromatic N) is 2. The van der Waals surface area contributed by atoms with Crippen LogP contribution in [0.3, 0.4) is 0 Å². The van der Waals surface area contributed by atoms with Crippen molar-refractivity contribution >= 4 is 39.2 Å². The molecule has 2 aromatic rings. The topological polar surface area (TPSA) is 73.2 Å². The van der Waals surface area contributed by atoms with Crippen LogP contribution in [0.1, 0.15) is 6.92 Å². The molecule has 114 valence electrons. The molecule has 0 bridgehead atoms. The van der Waals surface area contributed by atoms with Crippen molar-refractivity contribution in [3.05, 3.63) is 21.8 Å². The van der Waals surface area contributed by atoms with Gasteiger partial charge in [-0.15, -0.1) is 11.3 Å². The molecule has 0 aromatic carbocycles. The molecule has 0 radical (unpaired) electrons. The average molecular weight is 327 g/mol. The van der Waals surface area contributed by atoms with Gasteiger partial charge in [0, 0.05) is 20.2 Å². The van der Waals surface area contributed by atoms with Gasteiger partial charge in [0.05, 0.1) is 17.7 Å². The fourth-order valence-corrected chi connectivity index (χ4v) is 3.44. The fraction of sp³-hybridized carbons (Fsp3) is 0.462. The lowest BCUT2D eigenvalue weighted by atomic mass is 10.3. The molecule has 0 aliphatic carbocycles. The van der Waals surface area contributed by atoms with Crippen molar-refractivity contribution in [1.29, 1.82) is 0 Å². The maximum absolute atomic E-state index is 12.1. The monoisotopic (exact) mass is 327 g/mol. The minimum atomic E-state index is -0.106. The van der Waals surface area contributed by atoms with Crippen LogP contribution in [0.25, 0.3) is 10.2 Å². The van der Waals surface area contributed by atoms with E-state index in [4.69, 9.17) is 4.74 Å². The maximum Gasteiger partial charge on any atom is 0.262 e. The van der Waals surface area contributed by atoms with Crippen LogP contribution in [-0.4, -0.2) is 41.0 Å². The second-order valence-corrected chi connectivity index (χ2v) is 6.45. The number of nitrogens with one attached hydrogen (secondary N) is 1. The molecule has 1 atom stereocenters. The predicted octanol–water partition coefficient (Wildman–Crippen LogP) is 1.24. The molecule has 0 fully saturated rings. The smallest absolute Gasteiger partial charge is 0.262 e. The van der Waals surface area contributed by atoms with Crippen LogP contribution in [0.2, 0.25) is 0 Å². The Morgan fingerprint density at radius 3 is 3.10 bits per heavy atom. The summed E-state index contributed by atoms with van der Waals surface area (Å²) in [4.78, 5) is 29.1. The third-order valence-electron chi connectivity index (χ3n) is 2.82. The van der Waals surface area contributed by atoms with Gasteiger partial charge in [-0.05, 0) is 18.4 Å². The summed E-state index contributed by atoms with van der Waals surface area (Å²) in [7, 11) is 3.26. The number of thiophene rings is 1. The van der Waals surface area contributed by atoms with Crippen molar-refractivity contribution in [2.75, 3.05) is 19.5 Å². The van der Waals surface area contributed by atoms with E-state index in [1.54, 1.807) is 20.2 Å². The Morgan fingerprint density at radius 1 is 1.62 bits per heavy atom. The molecule has 1 unspecified atom stereocenters. The van der Waals surface area contributed by atoms with E-state index in [9.17, 15) is 9.59 Å². The largest absolute Gasteiger partial charge is 0.383 e. The number of thioether (sulfide) groups is 1. The molecule has 1 amide bonds. The Bertz CT molecular complexity index is 696. The molecular formula is C13H17N3O3S2. The van der Waals surface area contributed by atoms with E-state index >= 15 is 0 Å². The summed E-state index contributed by atoms with van der Waals surface area (Å²) >= 11 is 2.67. The summed E-state index contributed by atoms with van der Waals surface area (Å²) in [6, 6.07) is 1.72. The number of amides is 1. The van der Waals surface area contributed by atoms with Gasteiger partial charge in [0.1, 0.15) is 4.83 Å². The van der Waals surface area contributed by atoms with Crippen molar-refractivity contribution < 1.29 is 9.53 Å². The number of carbonyl (C=O) groups is 1. The van der Waals surface area contributed by atoms with Gasteiger partial charge in [-0.1, -0.05) is 11.8 Å². The van der Waals surface area contributed by atoms with E-state index in [1.165, 1.54) is 27.7 Å². The van der Waals surface area contributed by atoms with Crippen molar-refractivity contribution in [3.8, 4) is 0 Å². The molecule has 0 aliphatic rings. The molecule has 2 rings (SSSR count). The summed E-state index contributed by atoms with van der Waals surface area (Å²) in [5, 5.41) is 5.82. The van der Waals surface area contributed by atoms with Gasteiger partial charge in [-0.3, -0.25) is 14.2 Å². The van der Waals surface area contributed by atoms with Crippen LogP contribution in [-0.2, 0) is 16.6 Å². The third kappa shape index (κ3) is 3.84. The lowest BCUT2D eigenvalue weighted by Gasteiger charge is -2.12. The highest BCUT2D eigenvalue weighted by molar-refractivity contribution is 7.99. The molecule has 6 nitrogen and oxygen atoms in total. The Balaban J connectivity index is 2.05. The van der Waals surface area contributed by atoms with Crippen LogP contribution >= 0.6 is 23.1 Å². The van der Waals surface area contributed by atoms with E-state index in [0.29, 0.717) is 22.0 Å². The Hall–Kier alpha value is -1.38.